The molecule has 0 saturated carbocycles. The van der Waals surface area contributed by atoms with E-state index in [-0.39, 0.29) is 11.5 Å². The average molecular weight is 674 g/mol. The zero-order valence-corrected chi connectivity index (χ0v) is 28.0. The predicted molar refractivity (Wildman–Crippen MR) is 211 cm³/mol. The summed E-state index contributed by atoms with van der Waals surface area (Å²) < 4.78 is 0. The second-order valence-corrected chi connectivity index (χ2v) is 12.8. The topological polar surface area (TPSA) is 100 Å². The predicted octanol–water partition coefficient (Wildman–Crippen LogP) is 11.0. The molecule has 3 aromatic heterocycles. The number of hydrogen-bond donors (Lipinski definition) is 2. The second-order valence-electron chi connectivity index (χ2n) is 12.8. The summed E-state index contributed by atoms with van der Waals surface area (Å²) in [6.45, 7) is -0.377. The Morgan fingerprint density at radius 2 is 0.827 bits per heavy atom. The van der Waals surface area contributed by atoms with E-state index in [0.29, 0.717) is 17.0 Å². The lowest BCUT2D eigenvalue weighted by Gasteiger charge is -2.07. The molecule has 9 rings (SSSR count). The van der Waals surface area contributed by atoms with Crippen LogP contribution >= 0.6 is 0 Å². The Labute approximate surface area is 299 Å². The van der Waals surface area contributed by atoms with Crippen LogP contribution in [-0.2, 0) is 0 Å². The van der Waals surface area contributed by atoms with Crippen molar-refractivity contribution in [2.75, 3.05) is 6.54 Å². The molecule has 0 spiro atoms. The van der Waals surface area contributed by atoms with Crippen molar-refractivity contribution in [2.24, 2.45) is 0 Å². The van der Waals surface area contributed by atoms with Gasteiger partial charge in [0, 0.05) is 49.2 Å². The molecule has 0 fully saturated rings. The normalized spacial score (nSPS) is 12.1. The molecule has 0 aliphatic carbocycles. The van der Waals surface area contributed by atoms with Gasteiger partial charge in [-0.05, 0) is 64.7 Å². The van der Waals surface area contributed by atoms with Crippen LogP contribution in [0.1, 0.15) is 22.8 Å². The summed E-state index contributed by atoms with van der Waals surface area (Å²) in [4.78, 5) is 30.0. The van der Waals surface area contributed by atoms with Crippen LogP contribution in [0.5, 0.6) is 0 Å². The molecule has 7 nitrogen and oxygen atoms in total. The van der Waals surface area contributed by atoms with E-state index < -0.39 is 0 Å². The summed E-state index contributed by atoms with van der Waals surface area (Å²) in [5.41, 5.74) is 14.2. The molecule has 4 aromatic carbocycles. The molecule has 0 radical (unpaired) electrons. The third-order valence-electron chi connectivity index (χ3n) is 9.49. The van der Waals surface area contributed by atoms with Crippen LogP contribution in [0.2, 0.25) is 0 Å². The molecule has 5 heterocycles. The van der Waals surface area contributed by atoms with Crippen molar-refractivity contribution >= 4 is 45.9 Å². The smallest absolute Gasteiger partial charge is 0.231 e. The van der Waals surface area contributed by atoms with Gasteiger partial charge in [-0.3, -0.25) is 10.1 Å². The molecule has 2 N–H and O–H groups in total. The summed E-state index contributed by atoms with van der Waals surface area (Å²) >= 11 is 0. The van der Waals surface area contributed by atoms with E-state index in [1.165, 1.54) is 0 Å². The number of aromatic nitrogens is 4. The first-order chi connectivity index (χ1) is 25.6. The molecule has 8 bridgehead atoms. The third kappa shape index (κ3) is 5.60. The second kappa shape index (κ2) is 13.0. The summed E-state index contributed by atoms with van der Waals surface area (Å²) in [6, 6.07) is 48.7. The Morgan fingerprint density at radius 1 is 0.462 bits per heavy atom. The quantitative estimate of drug-likeness (QED) is 0.135. The molecule has 0 unspecified atom stereocenters. The number of nitro groups is 1. The lowest BCUT2D eigenvalue weighted by Crippen LogP contribution is -2.03. The standard InChI is InChI=1S/C45H31N5O2/c51-50(52)28-33-27-40-43(31-17-9-3-10-18-31)38-24-23-36(47-38)41(29-13-5-1-6-14-29)34-21-22-35(46-34)42(30-15-7-2-8-16-30)37-25-26-39(48-37)44(45(33)49-40)32-19-11-4-12-20-32/h1-27,47-48H,28H2. The molecular weight excluding hydrogens is 643 g/mol. The van der Waals surface area contributed by atoms with E-state index in [1.54, 1.807) is 0 Å². The molecule has 2 aliphatic heterocycles. The molecular formula is C45H31N5O2. The van der Waals surface area contributed by atoms with Crippen LogP contribution in [0.15, 0.2) is 146 Å². The fourth-order valence-electron chi connectivity index (χ4n) is 7.24. The molecule has 248 valence electrons. The van der Waals surface area contributed by atoms with Gasteiger partial charge >= 0.3 is 0 Å². The van der Waals surface area contributed by atoms with Gasteiger partial charge in [-0.1, -0.05) is 121 Å². The average Bonchev–Trinajstić information content (AvgIpc) is 4.01. The van der Waals surface area contributed by atoms with E-state index >= 15 is 0 Å². The van der Waals surface area contributed by atoms with Crippen LogP contribution in [0, 0.1) is 10.1 Å². The Hall–Kier alpha value is -7.12. The Kier molecular flexibility index (Phi) is 7.71. The monoisotopic (exact) mass is 673 g/mol. The molecule has 0 atom stereocenters. The van der Waals surface area contributed by atoms with E-state index in [0.717, 1.165) is 78.0 Å². The summed E-state index contributed by atoms with van der Waals surface area (Å²) in [5.74, 6) is 0. The molecule has 7 aromatic rings. The largest absolute Gasteiger partial charge is 0.354 e. The summed E-state index contributed by atoms with van der Waals surface area (Å²) in [6.07, 6.45) is 6.03. The van der Waals surface area contributed by atoms with Crippen molar-refractivity contribution < 1.29 is 4.92 Å². The van der Waals surface area contributed by atoms with Crippen molar-refractivity contribution in [1.82, 2.24) is 19.9 Å². The lowest BCUT2D eigenvalue weighted by molar-refractivity contribution is -0.465. The first kappa shape index (κ1) is 30.9. The van der Waals surface area contributed by atoms with Gasteiger partial charge in [0.1, 0.15) is 0 Å². The van der Waals surface area contributed by atoms with Crippen molar-refractivity contribution in [3.63, 3.8) is 0 Å². The fraction of sp³-hybridized carbons (Fsp3) is 0.0222. The van der Waals surface area contributed by atoms with Crippen LogP contribution < -0.4 is 0 Å². The van der Waals surface area contributed by atoms with Crippen LogP contribution in [-0.4, -0.2) is 31.4 Å². The number of fused-ring (bicyclic) bond motifs is 8. The number of nitrogens with one attached hydrogen (secondary N) is 2. The van der Waals surface area contributed by atoms with Gasteiger partial charge < -0.3 is 9.97 Å². The Morgan fingerprint density at radius 3 is 1.23 bits per heavy atom. The number of nitrogens with zero attached hydrogens (tertiary/aromatic N) is 3. The van der Waals surface area contributed by atoms with Gasteiger partial charge in [-0.15, -0.1) is 0 Å². The van der Waals surface area contributed by atoms with E-state index in [1.807, 2.05) is 109 Å². The summed E-state index contributed by atoms with van der Waals surface area (Å²) in [7, 11) is 0. The highest BCUT2D eigenvalue weighted by molar-refractivity contribution is 6.02. The number of hydrogen-bond acceptors (Lipinski definition) is 4. The molecule has 0 amide bonds. The van der Waals surface area contributed by atoms with Crippen molar-refractivity contribution in [2.45, 2.75) is 0 Å². The maximum Gasteiger partial charge on any atom is 0.231 e. The first-order valence-corrected chi connectivity index (χ1v) is 17.1. The minimum absolute atomic E-state index is 0.286. The van der Waals surface area contributed by atoms with Gasteiger partial charge in [0.2, 0.25) is 6.54 Å². The Balaban J connectivity index is 1.51. The van der Waals surface area contributed by atoms with Crippen molar-refractivity contribution in [3.05, 3.63) is 178 Å². The Bertz CT molecular complexity index is 2710. The van der Waals surface area contributed by atoms with Gasteiger partial charge in [-0.25, -0.2) is 9.97 Å². The number of H-pyrrole nitrogens is 2. The number of rotatable bonds is 6. The maximum atomic E-state index is 12.2. The van der Waals surface area contributed by atoms with E-state index in [4.69, 9.17) is 9.97 Å². The number of aromatic amines is 2. The zero-order valence-electron chi connectivity index (χ0n) is 28.0. The highest BCUT2D eigenvalue weighted by Gasteiger charge is 2.24. The van der Waals surface area contributed by atoms with E-state index in [2.05, 4.69) is 64.6 Å². The minimum atomic E-state index is -0.377. The van der Waals surface area contributed by atoms with Crippen molar-refractivity contribution in [1.29, 1.82) is 0 Å². The van der Waals surface area contributed by atoms with Crippen LogP contribution in [0.4, 0.5) is 0 Å². The summed E-state index contributed by atoms with van der Waals surface area (Å²) in [5, 5.41) is 12.2. The molecule has 52 heavy (non-hydrogen) atoms. The highest BCUT2D eigenvalue weighted by Crippen LogP contribution is 2.40. The van der Waals surface area contributed by atoms with Gasteiger partial charge in [0.05, 0.1) is 28.3 Å². The van der Waals surface area contributed by atoms with Crippen molar-refractivity contribution in [3.8, 4) is 44.5 Å². The molecule has 7 heteroatoms. The maximum absolute atomic E-state index is 12.2. The zero-order chi connectivity index (χ0) is 35.0. The third-order valence-corrected chi connectivity index (χ3v) is 9.49. The van der Waals surface area contributed by atoms with Gasteiger partial charge in [0.15, 0.2) is 0 Å². The van der Waals surface area contributed by atoms with Gasteiger partial charge in [0.25, 0.3) is 0 Å². The lowest BCUT2D eigenvalue weighted by atomic mass is 9.99. The fourth-order valence-corrected chi connectivity index (χ4v) is 7.24. The highest BCUT2D eigenvalue weighted by atomic mass is 16.6. The van der Waals surface area contributed by atoms with Gasteiger partial charge in [-0.2, -0.15) is 0 Å². The molecule has 2 aliphatic rings. The van der Waals surface area contributed by atoms with Crippen LogP contribution in [0.3, 0.4) is 0 Å². The first-order valence-electron chi connectivity index (χ1n) is 17.1. The van der Waals surface area contributed by atoms with Crippen LogP contribution in [0.25, 0.3) is 90.4 Å². The number of benzene rings is 4. The van der Waals surface area contributed by atoms with E-state index in [9.17, 15) is 10.1 Å². The minimum Gasteiger partial charge on any atom is -0.354 e. The SMILES string of the molecule is O=[N+]([O-])CC1=Cc2nc1c(-c1ccccc1)c1ccc([nH]1)c(-c1ccccc1)c1nc(c(-c3ccccc3)c3ccc([nH]3)c2-c2ccccc2)C=C1. The molecule has 0 saturated heterocycles.